The van der Waals surface area contributed by atoms with Crippen LogP contribution in [0.1, 0.15) is 66.0 Å². The van der Waals surface area contributed by atoms with Gasteiger partial charge in [0.05, 0.1) is 11.1 Å². The summed E-state index contributed by atoms with van der Waals surface area (Å²) in [5, 5.41) is 19.4. The van der Waals surface area contributed by atoms with E-state index in [4.69, 9.17) is 19.0 Å². The summed E-state index contributed by atoms with van der Waals surface area (Å²) in [5.41, 5.74) is 7.28. The fourth-order valence-electron chi connectivity index (χ4n) is 5.05. The molecule has 36 heavy (non-hydrogen) atoms. The van der Waals surface area contributed by atoms with E-state index in [1.807, 2.05) is 0 Å². The van der Waals surface area contributed by atoms with Crippen molar-refractivity contribution < 1.29 is 19.0 Å². The maximum absolute atomic E-state index is 9.17. The first kappa shape index (κ1) is 24.0. The normalized spacial score (nSPS) is 16.9. The lowest BCUT2D eigenvalue weighted by atomic mass is 9.76. The van der Waals surface area contributed by atoms with E-state index < -0.39 is 0 Å². The van der Waals surface area contributed by atoms with Gasteiger partial charge in [-0.15, -0.1) is 0 Å². The van der Waals surface area contributed by atoms with Crippen molar-refractivity contribution in [3.8, 4) is 23.7 Å². The molecule has 0 unspecified atom stereocenters. The van der Waals surface area contributed by atoms with Gasteiger partial charge < -0.3 is 19.0 Å². The average Bonchev–Trinajstić information content (AvgIpc) is 2.89. The summed E-state index contributed by atoms with van der Waals surface area (Å²) in [6.07, 6.45) is 21.3. The molecule has 1 aromatic carbocycles. The van der Waals surface area contributed by atoms with E-state index in [0.29, 0.717) is 25.7 Å². The third-order valence-electron chi connectivity index (χ3n) is 6.72. The van der Waals surface area contributed by atoms with Crippen molar-refractivity contribution in [2.24, 2.45) is 0 Å². The summed E-state index contributed by atoms with van der Waals surface area (Å²) in [6.45, 7) is 0.263. The van der Waals surface area contributed by atoms with Crippen molar-refractivity contribution in [2.45, 2.75) is 50.9 Å². The summed E-state index contributed by atoms with van der Waals surface area (Å²) in [5.74, 6) is 14.0. The van der Waals surface area contributed by atoms with Gasteiger partial charge in [0, 0.05) is 42.9 Å². The van der Waals surface area contributed by atoms with E-state index in [0.717, 1.165) is 52.7 Å². The Hall–Kier alpha value is -3.70. The first-order chi connectivity index (χ1) is 17.8. The van der Waals surface area contributed by atoms with Crippen LogP contribution in [0.15, 0.2) is 69.5 Å². The van der Waals surface area contributed by atoms with Crippen LogP contribution in [0.2, 0.25) is 0 Å². The van der Waals surface area contributed by atoms with Crippen LogP contribution >= 0.6 is 0 Å². The highest BCUT2D eigenvalue weighted by molar-refractivity contribution is 5.96. The number of allylic oxidation sites excluding steroid dienone is 8. The van der Waals surface area contributed by atoms with Gasteiger partial charge in [-0.2, -0.15) is 0 Å². The molecule has 3 aliphatic rings. The van der Waals surface area contributed by atoms with Gasteiger partial charge in [0.2, 0.25) is 0 Å². The van der Waals surface area contributed by atoms with E-state index in [1.54, 1.807) is 12.5 Å². The molecule has 1 heterocycles. The lowest BCUT2D eigenvalue weighted by Crippen LogP contribution is -2.13. The van der Waals surface area contributed by atoms with Gasteiger partial charge in [-0.25, -0.2) is 0 Å². The maximum atomic E-state index is 9.17. The minimum Gasteiger partial charge on any atom is -0.460 e. The van der Waals surface area contributed by atoms with Gasteiger partial charge in [-0.05, 0) is 60.9 Å². The summed E-state index contributed by atoms with van der Waals surface area (Å²) < 4.78 is 12.5. The molecule has 2 aromatic rings. The van der Waals surface area contributed by atoms with Crippen LogP contribution in [-0.2, 0) is 12.8 Å². The minimum absolute atomic E-state index is 0.130. The highest BCUT2D eigenvalue weighted by atomic mass is 16.4. The molecule has 3 aliphatic carbocycles. The number of fused-ring (bicyclic) bond motifs is 7. The average molecular weight is 479 g/mol. The molecule has 2 N–H and O–H groups in total. The quantitative estimate of drug-likeness (QED) is 0.318. The second-order valence-electron chi connectivity index (χ2n) is 9.10. The van der Waals surface area contributed by atoms with Gasteiger partial charge in [-0.1, -0.05) is 54.1 Å². The number of hydrogen-bond donors (Lipinski definition) is 2. The van der Waals surface area contributed by atoms with Gasteiger partial charge in [0.25, 0.3) is 0 Å². The number of benzene rings is 1. The summed E-state index contributed by atoms with van der Waals surface area (Å²) in [4.78, 5) is 0. The number of rotatable bonds is 4. The summed E-state index contributed by atoms with van der Waals surface area (Å²) >= 11 is 0. The van der Waals surface area contributed by atoms with Crippen molar-refractivity contribution in [3.63, 3.8) is 0 Å². The molecule has 0 spiro atoms. The van der Waals surface area contributed by atoms with Crippen LogP contribution in [0, 0.1) is 23.7 Å². The molecule has 0 saturated carbocycles. The predicted octanol–water partition coefficient (Wildman–Crippen LogP) is 6.07. The topological polar surface area (TPSA) is 66.7 Å². The molecule has 4 heteroatoms. The van der Waals surface area contributed by atoms with Crippen molar-refractivity contribution in [1.29, 1.82) is 0 Å². The Labute approximate surface area is 212 Å². The summed E-state index contributed by atoms with van der Waals surface area (Å²) in [7, 11) is 0. The standard InChI is InChI=1S/C32H30O4/c33-17-9-1-3-13-25-21-23-11-5-7-15-27(23)29-30-28-16-8-6-12-24(28)22-26(14-4-2-10-18-34)32(30)36-20-19-35-31(25)29/h5-8,11,19-22,27,33-34H,1-2,9-10,12,15-18H2/t27-/m0/s1. The maximum Gasteiger partial charge on any atom is 0.150 e. The van der Waals surface area contributed by atoms with Crippen molar-refractivity contribution in [2.75, 3.05) is 13.2 Å². The Morgan fingerprint density at radius 3 is 2.53 bits per heavy atom. The largest absolute Gasteiger partial charge is 0.460 e. The number of hydrogen-bond acceptors (Lipinski definition) is 4. The van der Waals surface area contributed by atoms with Gasteiger partial charge in [-0.3, -0.25) is 0 Å². The molecule has 0 saturated heterocycles. The minimum atomic E-state index is 0.130. The number of unbranched alkanes of at least 4 members (excludes halogenated alkanes) is 2. The van der Waals surface area contributed by atoms with Gasteiger partial charge >= 0.3 is 0 Å². The van der Waals surface area contributed by atoms with Crippen molar-refractivity contribution >= 4 is 16.5 Å². The zero-order valence-electron chi connectivity index (χ0n) is 20.3. The SMILES string of the molecule is OCCCC#CC1=CC2=CC=CC[C@@H]2c2c1occoc1c(C#CCCCO)cc3c(c21)CC=CC3. The van der Waals surface area contributed by atoms with Crippen LogP contribution < -0.4 is 0 Å². The van der Waals surface area contributed by atoms with Crippen LogP contribution in [-0.4, -0.2) is 23.4 Å². The lowest BCUT2D eigenvalue weighted by Gasteiger charge is -2.28. The second-order valence-corrected chi connectivity index (χ2v) is 9.10. The van der Waals surface area contributed by atoms with E-state index in [9.17, 15) is 0 Å². The van der Waals surface area contributed by atoms with Crippen LogP contribution in [0.4, 0.5) is 0 Å². The first-order valence-electron chi connectivity index (χ1n) is 12.7. The monoisotopic (exact) mass is 478 g/mol. The van der Waals surface area contributed by atoms with E-state index in [-0.39, 0.29) is 19.1 Å². The van der Waals surface area contributed by atoms with E-state index in [1.165, 1.54) is 16.7 Å². The zero-order chi connectivity index (χ0) is 24.7. The molecule has 1 atom stereocenters. The smallest absolute Gasteiger partial charge is 0.150 e. The molecule has 0 radical (unpaired) electrons. The predicted molar refractivity (Wildman–Crippen MR) is 143 cm³/mol. The molecule has 0 fully saturated rings. The van der Waals surface area contributed by atoms with Crippen molar-refractivity contribution in [1.82, 2.24) is 0 Å². The highest BCUT2D eigenvalue weighted by Gasteiger charge is 2.31. The summed E-state index contributed by atoms with van der Waals surface area (Å²) in [6, 6.07) is 2.16. The Kier molecular flexibility index (Phi) is 7.58. The number of aliphatic hydroxyl groups excluding tert-OH is 2. The van der Waals surface area contributed by atoms with E-state index >= 15 is 0 Å². The first-order valence-corrected chi connectivity index (χ1v) is 12.7. The van der Waals surface area contributed by atoms with Crippen LogP contribution in [0.3, 0.4) is 0 Å². The zero-order valence-corrected chi connectivity index (χ0v) is 20.3. The number of aliphatic hydroxyl groups is 2. The Balaban J connectivity index is 1.82. The Morgan fingerprint density at radius 1 is 0.917 bits per heavy atom. The van der Waals surface area contributed by atoms with E-state index in [2.05, 4.69) is 66.2 Å². The Morgan fingerprint density at radius 2 is 1.69 bits per heavy atom. The fraction of sp³-hybridized carbons (Fsp3) is 0.312. The molecular formula is C32H30O4. The van der Waals surface area contributed by atoms with Gasteiger partial charge in [0.15, 0.2) is 0 Å². The molecule has 4 nitrogen and oxygen atoms in total. The third kappa shape index (κ3) is 4.84. The molecule has 182 valence electrons. The van der Waals surface area contributed by atoms with Crippen molar-refractivity contribution in [3.05, 3.63) is 88.6 Å². The molecule has 0 aliphatic heterocycles. The van der Waals surface area contributed by atoms with Crippen LogP contribution in [0.25, 0.3) is 16.5 Å². The highest BCUT2D eigenvalue weighted by Crippen LogP contribution is 2.46. The Bertz CT molecular complexity index is 1450. The lowest BCUT2D eigenvalue weighted by molar-refractivity contribution is 0.290. The van der Waals surface area contributed by atoms with Gasteiger partial charge in [0.1, 0.15) is 23.9 Å². The van der Waals surface area contributed by atoms with Crippen LogP contribution in [0.5, 0.6) is 0 Å². The fourth-order valence-corrected chi connectivity index (χ4v) is 5.05. The molecule has 0 amide bonds. The molecule has 0 bridgehead atoms. The molecule has 5 rings (SSSR count). The molecular weight excluding hydrogens is 448 g/mol. The molecule has 1 aromatic heterocycles. The third-order valence-corrected chi connectivity index (χ3v) is 6.72. The second kappa shape index (κ2) is 11.4.